The molecule has 0 aromatic carbocycles. The van der Waals surface area contributed by atoms with Crippen molar-refractivity contribution in [3.63, 3.8) is 0 Å². The Labute approximate surface area is 538 Å². The van der Waals surface area contributed by atoms with Crippen LogP contribution in [0.1, 0.15) is 106 Å². The number of hydrogen-bond acceptors (Lipinski definition) is 30. The molecular weight excluding hydrogens is 1240 g/mol. The first-order chi connectivity index (χ1) is 43.8. The number of esters is 1. The third-order valence-corrected chi connectivity index (χ3v) is 24.3. The number of hydrogen-bond donors (Lipinski definition) is 17. The van der Waals surface area contributed by atoms with Crippen molar-refractivity contribution in [2.24, 2.45) is 44.8 Å². The van der Waals surface area contributed by atoms with Gasteiger partial charge in [-0.05, 0) is 106 Å². The summed E-state index contributed by atoms with van der Waals surface area (Å²) < 4.78 is 71.9. The van der Waals surface area contributed by atoms with E-state index in [-0.39, 0.29) is 23.9 Å². The molecule has 30 heteroatoms. The molecule has 4 saturated carbocycles. The lowest BCUT2D eigenvalue weighted by molar-refractivity contribution is -0.384. The molecule has 10 fully saturated rings. The normalized spacial score (nSPS) is 55.2. The number of rotatable bonds is 15. The fourth-order valence-corrected chi connectivity index (χ4v) is 18.3. The Balaban J connectivity index is 0.786. The maximum atomic E-state index is 15.2. The molecule has 30 nitrogen and oxygen atoms in total. The van der Waals surface area contributed by atoms with E-state index in [0.29, 0.717) is 64.2 Å². The van der Waals surface area contributed by atoms with Crippen LogP contribution in [-0.2, 0) is 61.6 Å². The van der Waals surface area contributed by atoms with E-state index in [1.807, 2.05) is 6.92 Å². The van der Waals surface area contributed by atoms with Gasteiger partial charge in [0.15, 0.2) is 31.5 Å². The van der Waals surface area contributed by atoms with Gasteiger partial charge in [0.2, 0.25) is 6.29 Å². The standard InChI is InChI=1S/C63H100O30/c1-24-10-15-63(58(81)93-56-47(79)42(74)39(71)32(88-56)22-84-52-48(80)43(75)50(31(19-64)87-52)91-54-45(77)40(72)36(68)25(2)85-54)17-16-61(6)27(28(63)18-24)8-9-34-59(4)13-12-35(60(5,23-65)33(59)11-14-62(34,61)7)89-57-51(92-55-46(78)41(73)37(69)26(3)86-55)49(30(67)21-83-57)90-53-44(76)38(70)29(66)20-82-53/h8,25-26,28-57,64-80H,1,9-23H2,2-7H3/t25-,26-,28-,29-,30-,31+,32+,33+,34+,35-,36-,37-,38-,39+,40+,41+,42-,43+,44+,45+,46+,47+,48+,49-,50+,51+,52+,53-,54-,55-,56-,57-,59-,60-,61+,62+,63-/m0/s1. The van der Waals surface area contributed by atoms with Crippen LogP contribution in [0, 0.1) is 44.8 Å². The predicted octanol–water partition coefficient (Wildman–Crippen LogP) is -4.55. The average molecular weight is 1340 g/mol. The van der Waals surface area contributed by atoms with Gasteiger partial charge in [0, 0.05) is 11.3 Å². The maximum Gasteiger partial charge on any atom is 0.315 e. The Bertz CT molecular complexity index is 2640. The Morgan fingerprint density at radius 3 is 1.76 bits per heavy atom. The summed E-state index contributed by atoms with van der Waals surface area (Å²) in [4.78, 5) is 15.2. The Morgan fingerprint density at radius 2 is 1.12 bits per heavy atom. The summed E-state index contributed by atoms with van der Waals surface area (Å²) in [7, 11) is 0. The van der Waals surface area contributed by atoms with Crippen molar-refractivity contribution in [2.75, 3.05) is 33.0 Å². The predicted molar refractivity (Wildman–Crippen MR) is 310 cm³/mol. The third kappa shape index (κ3) is 12.4. The summed E-state index contributed by atoms with van der Waals surface area (Å²) in [6.07, 6.45) is -38.4. The van der Waals surface area contributed by atoms with E-state index in [1.54, 1.807) is 0 Å². The molecule has 0 bridgehead atoms. The first kappa shape index (κ1) is 72.1. The molecule has 0 unspecified atom stereocenters. The lowest BCUT2D eigenvalue weighted by Crippen LogP contribution is -2.67. The van der Waals surface area contributed by atoms with E-state index in [0.717, 1.165) is 11.1 Å². The van der Waals surface area contributed by atoms with Gasteiger partial charge in [-0.1, -0.05) is 51.5 Å². The lowest BCUT2D eigenvalue weighted by Gasteiger charge is -2.71. The van der Waals surface area contributed by atoms with Gasteiger partial charge in [0.25, 0.3) is 0 Å². The van der Waals surface area contributed by atoms with Gasteiger partial charge in [-0.15, -0.1) is 0 Å². The monoisotopic (exact) mass is 1340 g/mol. The second-order valence-electron chi connectivity index (χ2n) is 29.4. The fraction of sp³-hybridized carbons (Fsp3) is 0.921. The van der Waals surface area contributed by atoms with E-state index in [9.17, 15) is 86.8 Å². The van der Waals surface area contributed by atoms with Crippen molar-refractivity contribution in [3.05, 3.63) is 23.8 Å². The van der Waals surface area contributed by atoms with E-state index < -0.39 is 238 Å². The van der Waals surface area contributed by atoms with Crippen molar-refractivity contribution in [1.29, 1.82) is 0 Å². The molecule has 37 atom stereocenters. The molecule has 11 rings (SSSR count). The maximum absolute atomic E-state index is 15.2. The summed E-state index contributed by atoms with van der Waals surface area (Å²) in [5.41, 5.74) is -1.32. The first-order valence-electron chi connectivity index (χ1n) is 32.9. The van der Waals surface area contributed by atoms with E-state index >= 15 is 4.79 Å². The van der Waals surface area contributed by atoms with Crippen LogP contribution in [0.3, 0.4) is 0 Å². The molecule has 0 aromatic rings. The van der Waals surface area contributed by atoms with Gasteiger partial charge >= 0.3 is 5.97 Å². The molecule has 532 valence electrons. The largest absolute Gasteiger partial charge is 0.432 e. The Morgan fingerprint density at radius 1 is 0.548 bits per heavy atom. The van der Waals surface area contributed by atoms with E-state index in [2.05, 4.69) is 33.4 Å². The van der Waals surface area contributed by atoms with Crippen LogP contribution in [0.15, 0.2) is 23.8 Å². The van der Waals surface area contributed by atoms with Crippen molar-refractivity contribution in [2.45, 2.75) is 284 Å². The van der Waals surface area contributed by atoms with Crippen LogP contribution in [0.5, 0.6) is 0 Å². The number of aliphatic hydroxyl groups excluding tert-OH is 17. The highest BCUT2D eigenvalue weighted by Crippen LogP contribution is 2.76. The molecule has 11 aliphatic rings. The van der Waals surface area contributed by atoms with E-state index in [4.69, 9.17) is 56.8 Å². The molecule has 0 radical (unpaired) electrons. The van der Waals surface area contributed by atoms with E-state index in [1.165, 1.54) is 13.8 Å². The van der Waals surface area contributed by atoms with Gasteiger partial charge in [-0.25, -0.2) is 0 Å². The first-order valence-corrected chi connectivity index (χ1v) is 32.9. The van der Waals surface area contributed by atoms with Crippen LogP contribution < -0.4 is 0 Å². The van der Waals surface area contributed by atoms with Crippen molar-refractivity contribution < 1.29 is 148 Å². The van der Waals surface area contributed by atoms with Gasteiger partial charge in [-0.3, -0.25) is 4.79 Å². The average Bonchev–Trinajstić information content (AvgIpc) is 0.677. The smallest absolute Gasteiger partial charge is 0.315 e. The highest BCUT2D eigenvalue weighted by atomic mass is 16.8. The minimum Gasteiger partial charge on any atom is -0.432 e. The second-order valence-corrected chi connectivity index (χ2v) is 29.4. The third-order valence-electron chi connectivity index (χ3n) is 24.3. The Kier molecular flexibility index (Phi) is 21.2. The number of carbonyl (C=O) groups is 1. The number of aliphatic hydroxyl groups is 17. The second kappa shape index (κ2) is 27.4. The number of allylic oxidation sites excluding steroid dienone is 3. The molecular formula is C63H100O30. The zero-order valence-electron chi connectivity index (χ0n) is 53.3. The quantitative estimate of drug-likeness (QED) is 0.0417. The fourth-order valence-electron chi connectivity index (χ4n) is 18.3. The molecule has 0 spiro atoms. The van der Waals surface area contributed by atoms with Crippen LogP contribution in [0.2, 0.25) is 0 Å². The molecule has 6 aliphatic heterocycles. The van der Waals surface area contributed by atoms with Crippen LogP contribution in [-0.4, -0.2) is 304 Å². The number of carbonyl (C=O) groups excluding carboxylic acids is 1. The SMILES string of the molecule is C=C1CC[C@]2(C(=O)O[C@@H]3O[C@H](CO[C@@H]4O[C@H](CO)[C@@H](O[C@@H]5O[C@@H](C)[C@H](O)[C@@H](O)[C@H]5O)[C@H](O)[C@H]4O)[C@@H](O)[C@H](O)[C@H]3O)CC[C@]3(C)C(=CC[C@@H]4[C@@]5(C)CC[C@H](O[C@@H]6OC[C@H](O)[C@H](O[C@@H]7OC[C@H](O)[C@H](O)[C@H]7O)[C@H]6O[C@@H]6O[C@@H](C)[C@H](O)[C@@H](O)[C@H]6O)[C@@](C)(CO)[C@@H]5CC[C@]43C)[C@@H]2C1. The molecule has 5 aliphatic carbocycles. The van der Waals surface area contributed by atoms with Crippen molar-refractivity contribution in [1.82, 2.24) is 0 Å². The molecule has 17 N–H and O–H groups in total. The van der Waals surface area contributed by atoms with Gasteiger partial charge < -0.3 is 144 Å². The summed E-state index contributed by atoms with van der Waals surface area (Å²) in [5, 5.41) is 185. The van der Waals surface area contributed by atoms with Crippen molar-refractivity contribution in [3.8, 4) is 0 Å². The van der Waals surface area contributed by atoms with Gasteiger partial charge in [-0.2, -0.15) is 0 Å². The summed E-state index contributed by atoms with van der Waals surface area (Å²) in [5.74, 6) is -1.20. The van der Waals surface area contributed by atoms with Crippen LogP contribution >= 0.6 is 0 Å². The summed E-state index contributed by atoms with van der Waals surface area (Å²) >= 11 is 0. The van der Waals surface area contributed by atoms with Gasteiger partial charge in [0.05, 0.1) is 56.8 Å². The van der Waals surface area contributed by atoms with Gasteiger partial charge in [0.1, 0.15) is 122 Å². The summed E-state index contributed by atoms with van der Waals surface area (Å²) in [6, 6.07) is 0. The zero-order chi connectivity index (χ0) is 67.5. The minimum absolute atomic E-state index is 0.0421. The molecule has 0 amide bonds. The lowest BCUT2D eigenvalue weighted by atomic mass is 9.34. The van der Waals surface area contributed by atoms with Crippen molar-refractivity contribution >= 4 is 5.97 Å². The summed E-state index contributed by atoms with van der Waals surface area (Å²) in [6.45, 7) is 13.5. The molecule has 93 heavy (non-hydrogen) atoms. The minimum atomic E-state index is -1.93. The highest BCUT2D eigenvalue weighted by molar-refractivity contribution is 5.79. The topological polar surface area (TPSA) is 472 Å². The molecule has 6 saturated heterocycles. The van der Waals surface area contributed by atoms with Crippen LogP contribution in [0.4, 0.5) is 0 Å². The zero-order valence-corrected chi connectivity index (χ0v) is 53.3. The molecule has 0 aromatic heterocycles. The molecule has 6 heterocycles. The Hall–Kier alpha value is -2.17. The number of fused-ring (bicyclic) bond motifs is 7. The number of ether oxygens (including phenoxy) is 12. The highest BCUT2D eigenvalue weighted by Gasteiger charge is 2.71. The van der Waals surface area contributed by atoms with Crippen LogP contribution in [0.25, 0.3) is 0 Å².